The molecule has 2 rings (SSSR count). The van der Waals surface area contributed by atoms with E-state index in [1.54, 1.807) is 30.1 Å². The predicted octanol–water partition coefficient (Wildman–Crippen LogP) is 0.899. The molecular formula is C14H20N4O3. The lowest BCUT2D eigenvalue weighted by atomic mass is 10.2. The van der Waals surface area contributed by atoms with E-state index in [9.17, 15) is 14.9 Å². The third-order valence-corrected chi connectivity index (χ3v) is 3.58. The summed E-state index contributed by atoms with van der Waals surface area (Å²) < 4.78 is 0. The minimum atomic E-state index is -0.438. The molecule has 1 amide bonds. The highest BCUT2D eigenvalue weighted by Gasteiger charge is 2.19. The highest BCUT2D eigenvalue weighted by atomic mass is 16.6. The summed E-state index contributed by atoms with van der Waals surface area (Å²) in [6, 6.07) is 6.75. The first-order valence-corrected chi connectivity index (χ1v) is 7.02. The Morgan fingerprint density at radius 2 is 2.29 bits per heavy atom. The number of carbonyl (C=O) groups is 1. The van der Waals surface area contributed by atoms with Crippen LogP contribution in [-0.2, 0) is 4.79 Å². The molecule has 1 aliphatic heterocycles. The maximum Gasteiger partial charge on any atom is 0.292 e. The normalized spacial score (nSPS) is 17.5. The van der Waals surface area contributed by atoms with Crippen LogP contribution in [0.15, 0.2) is 24.3 Å². The van der Waals surface area contributed by atoms with Gasteiger partial charge in [0.05, 0.1) is 11.5 Å². The maximum atomic E-state index is 11.9. The number of likely N-dealkylation sites (N-methyl/N-ethyl adjacent to an activating group) is 1. The first kappa shape index (κ1) is 15.2. The van der Waals surface area contributed by atoms with Crippen LogP contribution in [0.25, 0.3) is 0 Å². The van der Waals surface area contributed by atoms with Gasteiger partial charge in [0.15, 0.2) is 0 Å². The Labute approximate surface area is 123 Å². The number of nitrogens with one attached hydrogen (secondary N) is 2. The molecule has 1 saturated heterocycles. The van der Waals surface area contributed by atoms with Gasteiger partial charge in [-0.05, 0) is 25.5 Å². The summed E-state index contributed by atoms with van der Waals surface area (Å²) in [5, 5.41) is 17.1. The Bertz CT molecular complexity index is 515. The van der Waals surface area contributed by atoms with E-state index in [1.807, 2.05) is 0 Å². The third-order valence-electron chi connectivity index (χ3n) is 3.58. The van der Waals surface area contributed by atoms with Crippen molar-refractivity contribution in [2.45, 2.75) is 18.9 Å². The van der Waals surface area contributed by atoms with Crippen LogP contribution in [-0.4, -0.2) is 43.6 Å². The number of amides is 1. The van der Waals surface area contributed by atoms with Gasteiger partial charge in [0, 0.05) is 25.7 Å². The molecule has 7 nitrogen and oxygen atoms in total. The lowest BCUT2D eigenvalue weighted by molar-refractivity contribution is -0.384. The Morgan fingerprint density at radius 1 is 1.52 bits per heavy atom. The second kappa shape index (κ2) is 7.03. The molecule has 0 aromatic heterocycles. The first-order chi connectivity index (χ1) is 10.1. The lowest BCUT2D eigenvalue weighted by Crippen LogP contribution is -2.41. The number of para-hydroxylation sites is 2. The zero-order chi connectivity index (χ0) is 15.2. The molecule has 0 spiro atoms. The largest absolute Gasteiger partial charge is 0.360 e. The van der Waals surface area contributed by atoms with Crippen molar-refractivity contribution in [1.29, 1.82) is 0 Å². The summed E-state index contributed by atoms with van der Waals surface area (Å²) in [6.07, 6.45) is 2.21. The number of anilines is 1. The van der Waals surface area contributed by atoms with Crippen molar-refractivity contribution in [2.75, 3.05) is 31.6 Å². The summed E-state index contributed by atoms with van der Waals surface area (Å²) in [6.45, 7) is 1.69. The van der Waals surface area contributed by atoms with Crippen molar-refractivity contribution in [2.24, 2.45) is 0 Å². The van der Waals surface area contributed by atoms with Gasteiger partial charge in [0.2, 0.25) is 5.91 Å². The standard InChI is InChI=1S/C14H20N4O3/c1-17(12-6-2-3-7-13(12)18(20)21)10-14(19)16-9-11-5-4-8-15-11/h2-3,6-7,11,15H,4-5,8-10H2,1H3,(H,16,19). The van der Waals surface area contributed by atoms with Gasteiger partial charge in [-0.2, -0.15) is 0 Å². The van der Waals surface area contributed by atoms with E-state index in [0.29, 0.717) is 18.3 Å². The molecule has 2 N–H and O–H groups in total. The summed E-state index contributed by atoms with van der Waals surface area (Å²) in [5.41, 5.74) is 0.446. The second-order valence-electron chi connectivity index (χ2n) is 5.20. The molecule has 0 aliphatic carbocycles. The molecule has 1 aromatic carbocycles. The van der Waals surface area contributed by atoms with Gasteiger partial charge in [-0.15, -0.1) is 0 Å². The smallest absolute Gasteiger partial charge is 0.292 e. The molecule has 1 atom stereocenters. The van der Waals surface area contributed by atoms with Crippen LogP contribution in [0.4, 0.5) is 11.4 Å². The van der Waals surface area contributed by atoms with Gasteiger partial charge in [-0.1, -0.05) is 12.1 Å². The molecule has 1 aliphatic rings. The van der Waals surface area contributed by atoms with E-state index < -0.39 is 4.92 Å². The van der Waals surface area contributed by atoms with E-state index in [0.717, 1.165) is 19.4 Å². The number of rotatable bonds is 6. The molecule has 114 valence electrons. The van der Waals surface area contributed by atoms with Gasteiger partial charge in [0.25, 0.3) is 5.69 Å². The van der Waals surface area contributed by atoms with Gasteiger partial charge < -0.3 is 15.5 Å². The average Bonchev–Trinajstić information content (AvgIpc) is 2.98. The molecule has 1 unspecified atom stereocenters. The highest BCUT2D eigenvalue weighted by Crippen LogP contribution is 2.26. The van der Waals surface area contributed by atoms with E-state index in [4.69, 9.17) is 0 Å². The second-order valence-corrected chi connectivity index (χ2v) is 5.20. The summed E-state index contributed by atoms with van der Waals surface area (Å²) in [7, 11) is 1.68. The van der Waals surface area contributed by atoms with Gasteiger partial charge in [-0.3, -0.25) is 14.9 Å². The fourth-order valence-electron chi connectivity index (χ4n) is 2.47. The van der Waals surface area contributed by atoms with Crippen molar-refractivity contribution in [1.82, 2.24) is 10.6 Å². The molecule has 1 fully saturated rings. The summed E-state index contributed by atoms with van der Waals surface area (Å²) >= 11 is 0. The highest BCUT2D eigenvalue weighted by molar-refractivity contribution is 5.82. The number of benzene rings is 1. The van der Waals surface area contributed by atoms with Gasteiger partial charge >= 0.3 is 0 Å². The molecule has 0 saturated carbocycles. The number of carbonyl (C=O) groups excluding carboxylic acids is 1. The maximum absolute atomic E-state index is 11.9. The van der Waals surface area contributed by atoms with Gasteiger partial charge in [-0.25, -0.2) is 0 Å². The Kier molecular flexibility index (Phi) is 5.10. The van der Waals surface area contributed by atoms with Crippen LogP contribution >= 0.6 is 0 Å². The minimum absolute atomic E-state index is 0.00487. The topological polar surface area (TPSA) is 87.5 Å². The third kappa shape index (κ3) is 4.16. The van der Waals surface area contributed by atoms with E-state index in [1.165, 1.54) is 6.07 Å². The quantitative estimate of drug-likeness (QED) is 0.601. The summed E-state index contributed by atoms with van der Waals surface area (Å²) in [4.78, 5) is 24.1. The molecule has 0 bridgehead atoms. The van der Waals surface area contributed by atoms with Crippen LogP contribution in [0.1, 0.15) is 12.8 Å². The molecule has 0 radical (unpaired) electrons. The predicted molar refractivity (Wildman–Crippen MR) is 80.4 cm³/mol. The molecular weight excluding hydrogens is 272 g/mol. The average molecular weight is 292 g/mol. The Morgan fingerprint density at radius 3 is 2.95 bits per heavy atom. The molecule has 21 heavy (non-hydrogen) atoms. The fourth-order valence-corrected chi connectivity index (χ4v) is 2.47. The fraction of sp³-hybridized carbons (Fsp3) is 0.500. The van der Waals surface area contributed by atoms with Crippen LogP contribution in [0, 0.1) is 10.1 Å². The zero-order valence-corrected chi connectivity index (χ0v) is 12.0. The van der Waals surface area contributed by atoms with Crippen molar-refractivity contribution in [3.63, 3.8) is 0 Å². The lowest BCUT2D eigenvalue weighted by Gasteiger charge is -2.19. The molecule has 1 heterocycles. The number of hydrogen-bond donors (Lipinski definition) is 2. The number of nitro groups is 1. The van der Waals surface area contributed by atoms with Crippen LogP contribution in [0.2, 0.25) is 0 Å². The molecule has 1 aromatic rings. The summed E-state index contributed by atoms with van der Waals surface area (Å²) in [5.74, 6) is -0.135. The minimum Gasteiger partial charge on any atom is -0.360 e. The van der Waals surface area contributed by atoms with Crippen LogP contribution in [0.3, 0.4) is 0 Å². The van der Waals surface area contributed by atoms with Crippen molar-refractivity contribution in [3.05, 3.63) is 34.4 Å². The van der Waals surface area contributed by atoms with Crippen molar-refractivity contribution < 1.29 is 9.72 Å². The molecule has 7 heteroatoms. The number of nitro benzene ring substituents is 1. The number of hydrogen-bond acceptors (Lipinski definition) is 5. The van der Waals surface area contributed by atoms with E-state index in [2.05, 4.69) is 10.6 Å². The van der Waals surface area contributed by atoms with Crippen molar-refractivity contribution in [3.8, 4) is 0 Å². The monoisotopic (exact) mass is 292 g/mol. The first-order valence-electron chi connectivity index (χ1n) is 7.02. The Balaban J connectivity index is 1.89. The van der Waals surface area contributed by atoms with Crippen LogP contribution < -0.4 is 15.5 Å². The zero-order valence-electron chi connectivity index (χ0n) is 12.0. The SMILES string of the molecule is CN(CC(=O)NCC1CCCN1)c1ccccc1[N+](=O)[O-]. The van der Waals surface area contributed by atoms with Crippen molar-refractivity contribution >= 4 is 17.3 Å². The van der Waals surface area contributed by atoms with E-state index >= 15 is 0 Å². The Hall–Kier alpha value is -2.15. The van der Waals surface area contributed by atoms with E-state index in [-0.39, 0.29) is 18.1 Å². The number of nitrogens with zero attached hydrogens (tertiary/aromatic N) is 2. The van der Waals surface area contributed by atoms with Gasteiger partial charge in [0.1, 0.15) is 5.69 Å². The van der Waals surface area contributed by atoms with Crippen LogP contribution in [0.5, 0.6) is 0 Å².